The molecule has 1 aliphatic rings. The first-order valence-electron chi connectivity index (χ1n) is 8.37. The van der Waals surface area contributed by atoms with Gasteiger partial charge in [-0.3, -0.25) is 0 Å². The zero-order valence-electron chi connectivity index (χ0n) is 14.6. The summed E-state index contributed by atoms with van der Waals surface area (Å²) in [5.74, 6) is 1.33. The lowest BCUT2D eigenvalue weighted by Crippen LogP contribution is -2.01. The summed E-state index contributed by atoms with van der Waals surface area (Å²) in [7, 11) is -3.03. The smallest absolute Gasteiger partial charge is 0.229 e. The van der Waals surface area contributed by atoms with Gasteiger partial charge in [0.2, 0.25) is 5.95 Å². The summed E-state index contributed by atoms with van der Waals surface area (Å²) >= 11 is 0. The normalized spacial score (nSPS) is 14.6. The van der Waals surface area contributed by atoms with Gasteiger partial charge < -0.3 is 15.7 Å². The van der Waals surface area contributed by atoms with Crippen LogP contribution in [0.4, 0.5) is 23.1 Å². The molecule has 2 aromatic carbocycles. The summed E-state index contributed by atoms with van der Waals surface area (Å²) < 4.78 is 23.5. The summed E-state index contributed by atoms with van der Waals surface area (Å²) in [5.41, 5.74) is 3.89. The van der Waals surface area contributed by atoms with Gasteiger partial charge in [0.15, 0.2) is 9.84 Å². The van der Waals surface area contributed by atoms with Gasteiger partial charge in [0.1, 0.15) is 11.6 Å². The average molecular weight is 382 g/mol. The van der Waals surface area contributed by atoms with Crippen molar-refractivity contribution in [2.75, 3.05) is 10.6 Å². The first-order valence-corrected chi connectivity index (χ1v) is 10.2. The number of aromatic nitrogens is 2. The van der Waals surface area contributed by atoms with Gasteiger partial charge in [-0.15, -0.1) is 0 Å². The lowest BCUT2D eigenvalue weighted by molar-refractivity contribution is 0.471. The predicted octanol–water partition coefficient (Wildman–Crippen LogP) is 3.41. The van der Waals surface area contributed by atoms with Crippen molar-refractivity contribution >= 4 is 33.0 Å². The molecule has 27 heavy (non-hydrogen) atoms. The Morgan fingerprint density at radius 2 is 1.70 bits per heavy atom. The van der Waals surface area contributed by atoms with Gasteiger partial charge in [0.25, 0.3) is 0 Å². The van der Waals surface area contributed by atoms with Gasteiger partial charge in [-0.25, -0.2) is 13.4 Å². The highest BCUT2D eigenvalue weighted by molar-refractivity contribution is 7.90. The molecule has 138 valence electrons. The van der Waals surface area contributed by atoms with Crippen LogP contribution in [0.1, 0.15) is 16.7 Å². The molecule has 0 aliphatic carbocycles. The van der Waals surface area contributed by atoms with Gasteiger partial charge in [-0.05, 0) is 47.9 Å². The van der Waals surface area contributed by atoms with Crippen LogP contribution in [0.2, 0.25) is 0 Å². The van der Waals surface area contributed by atoms with Crippen LogP contribution in [-0.2, 0) is 21.3 Å². The molecule has 7 nitrogen and oxygen atoms in total. The molecule has 2 heterocycles. The SMILES string of the molecule is Cc1ccc(Nc2ccnc(Nc3ccc4c(c3)CS(=O)(=O)C4)n2)cc1O. The molecule has 0 radical (unpaired) electrons. The number of sulfone groups is 1. The average Bonchev–Trinajstić information content (AvgIpc) is 2.92. The molecule has 1 aromatic heterocycles. The Balaban J connectivity index is 1.52. The highest BCUT2D eigenvalue weighted by atomic mass is 32.2. The highest BCUT2D eigenvalue weighted by Gasteiger charge is 2.24. The van der Waals surface area contributed by atoms with Crippen LogP contribution in [0.15, 0.2) is 48.7 Å². The van der Waals surface area contributed by atoms with E-state index in [4.69, 9.17) is 0 Å². The van der Waals surface area contributed by atoms with E-state index in [0.717, 1.165) is 22.4 Å². The van der Waals surface area contributed by atoms with E-state index < -0.39 is 9.84 Å². The maximum Gasteiger partial charge on any atom is 0.229 e. The number of rotatable bonds is 4. The van der Waals surface area contributed by atoms with Crippen LogP contribution in [0, 0.1) is 6.92 Å². The second kappa shape index (κ2) is 6.55. The van der Waals surface area contributed by atoms with E-state index in [1.54, 1.807) is 18.3 Å². The van der Waals surface area contributed by atoms with E-state index in [-0.39, 0.29) is 17.3 Å². The fraction of sp³-hybridized carbons (Fsp3) is 0.158. The second-order valence-corrected chi connectivity index (χ2v) is 8.60. The van der Waals surface area contributed by atoms with Crippen molar-refractivity contribution in [3.8, 4) is 5.75 Å². The van der Waals surface area contributed by atoms with E-state index in [9.17, 15) is 13.5 Å². The molecule has 8 heteroatoms. The molecule has 0 spiro atoms. The Morgan fingerprint density at radius 3 is 2.52 bits per heavy atom. The van der Waals surface area contributed by atoms with E-state index in [2.05, 4.69) is 20.6 Å². The largest absolute Gasteiger partial charge is 0.508 e. The first kappa shape index (κ1) is 17.3. The summed E-state index contributed by atoms with van der Waals surface area (Å²) in [5, 5.41) is 16.0. The zero-order valence-corrected chi connectivity index (χ0v) is 15.4. The minimum Gasteiger partial charge on any atom is -0.508 e. The number of hydrogen-bond acceptors (Lipinski definition) is 7. The summed E-state index contributed by atoms with van der Waals surface area (Å²) in [6, 6.07) is 12.5. The number of aryl methyl sites for hydroxylation is 1. The molecule has 1 aliphatic heterocycles. The maximum absolute atomic E-state index is 11.7. The molecule has 0 amide bonds. The fourth-order valence-corrected chi connectivity index (χ4v) is 4.56. The van der Waals surface area contributed by atoms with Crippen LogP contribution in [-0.4, -0.2) is 23.5 Å². The van der Waals surface area contributed by atoms with Crippen LogP contribution in [0.25, 0.3) is 0 Å². The fourth-order valence-electron chi connectivity index (χ4n) is 2.96. The summed E-state index contributed by atoms with van der Waals surface area (Å²) in [6.45, 7) is 1.83. The molecule has 4 rings (SSSR count). The Labute approximate surface area is 157 Å². The third kappa shape index (κ3) is 3.85. The number of phenols is 1. The Morgan fingerprint density at radius 1 is 0.963 bits per heavy atom. The van der Waals surface area contributed by atoms with Gasteiger partial charge in [0, 0.05) is 23.6 Å². The lowest BCUT2D eigenvalue weighted by Gasteiger charge is -2.10. The van der Waals surface area contributed by atoms with E-state index in [1.165, 1.54) is 0 Å². The number of aromatic hydroxyl groups is 1. The minimum absolute atomic E-state index is 0.0667. The molecule has 0 unspecified atom stereocenters. The predicted molar refractivity (Wildman–Crippen MR) is 104 cm³/mol. The molecule has 0 bridgehead atoms. The standard InChI is InChI=1S/C19H18N4O3S/c1-12-2-4-16(9-17(12)24)21-18-6-7-20-19(23-18)22-15-5-3-13-10-27(25,26)11-14(13)8-15/h2-9,24H,10-11H2,1H3,(H2,20,21,22,23). The van der Waals surface area contributed by atoms with Crippen molar-refractivity contribution in [3.63, 3.8) is 0 Å². The maximum atomic E-state index is 11.7. The molecular weight excluding hydrogens is 364 g/mol. The molecular formula is C19H18N4O3S. The van der Waals surface area contributed by atoms with Crippen molar-refractivity contribution in [2.24, 2.45) is 0 Å². The van der Waals surface area contributed by atoms with Crippen molar-refractivity contribution in [2.45, 2.75) is 18.4 Å². The van der Waals surface area contributed by atoms with Gasteiger partial charge in [-0.2, -0.15) is 4.98 Å². The molecule has 3 aromatic rings. The molecule has 0 saturated heterocycles. The van der Waals surface area contributed by atoms with Crippen LogP contribution >= 0.6 is 0 Å². The molecule has 0 saturated carbocycles. The third-order valence-electron chi connectivity index (χ3n) is 4.35. The van der Waals surface area contributed by atoms with Crippen molar-refractivity contribution in [1.82, 2.24) is 9.97 Å². The first-order chi connectivity index (χ1) is 12.9. The number of hydrogen-bond donors (Lipinski definition) is 3. The molecule has 3 N–H and O–H groups in total. The quantitative estimate of drug-likeness (QED) is 0.635. The lowest BCUT2D eigenvalue weighted by atomic mass is 10.1. The monoisotopic (exact) mass is 382 g/mol. The topological polar surface area (TPSA) is 104 Å². The number of benzene rings is 2. The highest BCUT2D eigenvalue weighted by Crippen LogP contribution is 2.29. The number of anilines is 4. The molecule has 0 atom stereocenters. The summed E-state index contributed by atoms with van der Waals surface area (Å²) in [4.78, 5) is 8.60. The van der Waals surface area contributed by atoms with Gasteiger partial charge >= 0.3 is 0 Å². The Bertz CT molecular complexity index is 1130. The minimum atomic E-state index is -3.03. The van der Waals surface area contributed by atoms with Crippen molar-refractivity contribution in [3.05, 3.63) is 65.4 Å². The Hall–Kier alpha value is -3.13. The third-order valence-corrected chi connectivity index (χ3v) is 5.85. The number of phenolic OH excluding ortho intramolecular Hbond substituents is 1. The summed E-state index contributed by atoms with van der Waals surface area (Å²) in [6.07, 6.45) is 1.61. The number of nitrogens with one attached hydrogen (secondary N) is 2. The van der Waals surface area contributed by atoms with Crippen LogP contribution in [0.5, 0.6) is 5.75 Å². The van der Waals surface area contributed by atoms with Gasteiger partial charge in [0.05, 0.1) is 11.5 Å². The second-order valence-electron chi connectivity index (χ2n) is 6.53. The number of nitrogens with zero attached hydrogens (tertiary/aromatic N) is 2. The molecule has 0 fully saturated rings. The van der Waals surface area contributed by atoms with Crippen LogP contribution in [0.3, 0.4) is 0 Å². The van der Waals surface area contributed by atoms with Gasteiger partial charge in [-0.1, -0.05) is 12.1 Å². The van der Waals surface area contributed by atoms with Crippen molar-refractivity contribution < 1.29 is 13.5 Å². The van der Waals surface area contributed by atoms with Crippen LogP contribution < -0.4 is 10.6 Å². The van der Waals surface area contributed by atoms with E-state index >= 15 is 0 Å². The Kier molecular flexibility index (Phi) is 4.19. The van der Waals surface area contributed by atoms with Crippen molar-refractivity contribution in [1.29, 1.82) is 0 Å². The zero-order chi connectivity index (χ0) is 19.0. The van der Waals surface area contributed by atoms with E-state index in [0.29, 0.717) is 17.5 Å². The van der Waals surface area contributed by atoms with E-state index in [1.807, 2.05) is 37.3 Å². The number of fused-ring (bicyclic) bond motifs is 1.